The summed E-state index contributed by atoms with van der Waals surface area (Å²) in [6, 6.07) is 16.7. The van der Waals surface area contributed by atoms with Gasteiger partial charge >= 0.3 is 6.09 Å². The molecule has 1 amide bonds. The summed E-state index contributed by atoms with van der Waals surface area (Å²) in [6.07, 6.45) is -0.947. The number of carbonyl (C=O) groups is 1. The second-order valence-corrected chi connectivity index (χ2v) is 11.3. The average molecular weight is 534 g/mol. The number of ether oxygens (including phenoxy) is 1. The zero-order valence-corrected chi connectivity index (χ0v) is 22.2. The van der Waals surface area contributed by atoms with E-state index in [1.54, 1.807) is 24.3 Å². The number of hydrogen-bond acceptors (Lipinski definition) is 6. The zero-order chi connectivity index (χ0) is 26.5. The SMILES string of the molecule is CC(C)(C)C[C@@H]1N[C@H](OC(=O)NCC(CO)CO)[C@H](c2cccc(Cl)c2)[C@@]1(C#N)c1ccc(Cl)cc1. The van der Waals surface area contributed by atoms with Gasteiger partial charge in [-0.15, -0.1) is 0 Å². The van der Waals surface area contributed by atoms with Crippen LogP contribution in [0.2, 0.25) is 10.0 Å². The number of alkyl carbamates (subject to hydrolysis) is 1. The molecule has 1 saturated heterocycles. The van der Waals surface area contributed by atoms with Crippen molar-refractivity contribution in [3.05, 3.63) is 69.7 Å². The van der Waals surface area contributed by atoms with Gasteiger partial charge in [0.1, 0.15) is 5.41 Å². The maximum Gasteiger partial charge on any atom is 0.408 e. The molecule has 0 aliphatic carbocycles. The van der Waals surface area contributed by atoms with Crippen molar-refractivity contribution in [1.82, 2.24) is 10.6 Å². The molecular formula is C27H33Cl2N3O4. The predicted molar refractivity (Wildman–Crippen MR) is 140 cm³/mol. The topological polar surface area (TPSA) is 115 Å². The van der Waals surface area contributed by atoms with Crippen LogP contribution >= 0.6 is 23.2 Å². The molecule has 1 fully saturated rings. The minimum absolute atomic E-state index is 0.0480. The number of benzene rings is 2. The van der Waals surface area contributed by atoms with E-state index in [-0.39, 0.29) is 31.2 Å². The third kappa shape index (κ3) is 6.31. The Bertz CT molecular complexity index is 1080. The molecule has 36 heavy (non-hydrogen) atoms. The highest BCUT2D eigenvalue weighted by molar-refractivity contribution is 6.30. The third-order valence-electron chi connectivity index (χ3n) is 6.53. The quantitative estimate of drug-likeness (QED) is 0.394. The molecule has 7 nitrogen and oxygen atoms in total. The van der Waals surface area contributed by atoms with E-state index in [4.69, 9.17) is 27.9 Å². The second kappa shape index (κ2) is 11.8. The monoisotopic (exact) mass is 533 g/mol. The van der Waals surface area contributed by atoms with Crippen molar-refractivity contribution in [2.75, 3.05) is 19.8 Å². The highest BCUT2D eigenvalue weighted by Crippen LogP contribution is 2.51. The summed E-state index contributed by atoms with van der Waals surface area (Å²) in [6.45, 7) is 5.79. The van der Waals surface area contributed by atoms with Gasteiger partial charge in [0.25, 0.3) is 0 Å². The van der Waals surface area contributed by atoms with E-state index in [9.17, 15) is 20.3 Å². The van der Waals surface area contributed by atoms with Gasteiger partial charge < -0.3 is 20.3 Å². The standard InChI is InChI=1S/C27H33Cl2N3O4/c1-26(2,3)12-22-27(16-30,19-7-9-20(28)10-8-19)23(18-5-4-6-21(29)11-18)24(32-22)36-25(35)31-13-17(14-33)15-34/h4-11,17,22-24,32-34H,12-15H2,1-3H3,(H,31,35)/t22-,23-,24+,27-/m0/s1. The fourth-order valence-corrected chi connectivity index (χ4v) is 5.17. The number of amides is 1. The van der Waals surface area contributed by atoms with Crippen LogP contribution in [-0.4, -0.2) is 48.3 Å². The Hall–Kier alpha value is -2.34. The van der Waals surface area contributed by atoms with Crippen LogP contribution in [0.25, 0.3) is 0 Å². The normalized spacial score (nSPS) is 23.9. The first kappa shape index (κ1) is 28.2. The second-order valence-electron chi connectivity index (χ2n) is 10.4. The van der Waals surface area contributed by atoms with Crippen LogP contribution in [0.15, 0.2) is 48.5 Å². The van der Waals surface area contributed by atoms with Gasteiger partial charge in [0.05, 0.1) is 12.0 Å². The van der Waals surface area contributed by atoms with Gasteiger partial charge in [-0.25, -0.2) is 4.79 Å². The minimum atomic E-state index is -1.10. The fraction of sp³-hybridized carbons (Fsp3) is 0.481. The fourth-order valence-electron chi connectivity index (χ4n) is 4.84. The summed E-state index contributed by atoms with van der Waals surface area (Å²) < 4.78 is 5.86. The van der Waals surface area contributed by atoms with Crippen LogP contribution in [0.3, 0.4) is 0 Å². The maximum atomic E-state index is 12.8. The van der Waals surface area contributed by atoms with Crippen molar-refractivity contribution >= 4 is 29.3 Å². The molecule has 9 heteroatoms. The van der Waals surface area contributed by atoms with E-state index in [1.807, 2.05) is 24.3 Å². The number of carbonyl (C=O) groups excluding carboxylic acids is 1. The number of hydrogen-bond donors (Lipinski definition) is 4. The van der Waals surface area contributed by atoms with Crippen LogP contribution in [0.1, 0.15) is 44.2 Å². The Morgan fingerprint density at radius 3 is 2.39 bits per heavy atom. The van der Waals surface area contributed by atoms with Gasteiger partial charge in [-0.1, -0.05) is 68.2 Å². The molecule has 2 aromatic rings. The van der Waals surface area contributed by atoms with Gasteiger partial charge in [0, 0.05) is 41.8 Å². The highest BCUT2D eigenvalue weighted by atomic mass is 35.5. The zero-order valence-electron chi connectivity index (χ0n) is 20.7. The van der Waals surface area contributed by atoms with E-state index >= 15 is 0 Å². The van der Waals surface area contributed by atoms with Crippen molar-refractivity contribution in [2.24, 2.45) is 11.3 Å². The molecule has 4 N–H and O–H groups in total. The van der Waals surface area contributed by atoms with Crippen LogP contribution in [0.4, 0.5) is 4.79 Å². The molecule has 0 spiro atoms. The lowest BCUT2D eigenvalue weighted by atomic mass is 9.64. The number of halogens is 2. The molecule has 0 unspecified atom stereocenters. The van der Waals surface area contributed by atoms with Gasteiger partial charge in [-0.3, -0.25) is 5.32 Å². The molecule has 4 atom stereocenters. The van der Waals surface area contributed by atoms with Crippen molar-refractivity contribution in [3.8, 4) is 6.07 Å². The molecule has 0 saturated carbocycles. The predicted octanol–water partition coefficient (Wildman–Crippen LogP) is 4.60. The lowest BCUT2D eigenvalue weighted by molar-refractivity contribution is 0.0709. The first-order valence-electron chi connectivity index (χ1n) is 11.9. The van der Waals surface area contributed by atoms with Crippen molar-refractivity contribution in [3.63, 3.8) is 0 Å². The van der Waals surface area contributed by atoms with E-state index in [1.165, 1.54) is 0 Å². The highest BCUT2D eigenvalue weighted by Gasteiger charge is 2.59. The molecule has 1 heterocycles. The summed E-state index contributed by atoms with van der Waals surface area (Å²) in [5, 5.41) is 36.5. The maximum absolute atomic E-state index is 12.8. The molecule has 1 aliphatic rings. The van der Waals surface area contributed by atoms with Crippen LogP contribution in [0, 0.1) is 22.7 Å². The van der Waals surface area contributed by atoms with E-state index in [2.05, 4.69) is 37.5 Å². The van der Waals surface area contributed by atoms with Crippen molar-refractivity contribution < 1.29 is 19.7 Å². The van der Waals surface area contributed by atoms with Crippen LogP contribution < -0.4 is 10.6 Å². The van der Waals surface area contributed by atoms with Gasteiger partial charge in [-0.2, -0.15) is 5.26 Å². The molecule has 0 radical (unpaired) electrons. The summed E-state index contributed by atoms with van der Waals surface area (Å²) in [5.41, 5.74) is 0.266. The molecule has 0 bridgehead atoms. The Kier molecular flexibility index (Phi) is 9.26. The Morgan fingerprint density at radius 1 is 1.17 bits per heavy atom. The van der Waals surface area contributed by atoms with Crippen molar-refractivity contribution in [2.45, 2.75) is 50.8 Å². The molecule has 194 valence electrons. The first-order valence-corrected chi connectivity index (χ1v) is 12.6. The number of rotatable bonds is 8. The molecule has 2 aromatic carbocycles. The summed E-state index contributed by atoms with van der Waals surface area (Å²) in [4.78, 5) is 12.8. The number of nitrogens with zero attached hydrogens (tertiary/aromatic N) is 1. The molecule has 0 aromatic heterocycles. The van der Waals surface area contributed by atoms with Gasteiger partial charge in [0.15, 0.2) is 6.23 Å². The Labute approximate surface area is 222 Å². The summed E-state index contributed by atoms with van der Waals surface area (Å²) in [7, 11) is 0. The van der Waals surface area contributed by atoms with Crippen molar-refractivity contribution in [1.29, 1.82) is 5.26 Å². The number of nitrogens with one attached hydrogen (secondary N) is 2. The van der Waals surface area contributed by atoms with Gasteiger partial charge in [0.2, 0.25) is 0 Å². The smallest absolute Gasteiger partial charge is 0.408 e. The molecule has 1 aliphatic heterocycles. The van der Waals surface area contributed by atoms with E-state index in [0.29, 0.717) is 16.5 Å². The molecular weight excluding hydrogens is 501 g/mol. The van der Waals surface area contributed by atoms with E-state index in [0.717, 1.165) is 11.1 Å². The number of aliphatic hydroxyl groups is 2. The third-order valence-corrected chi connectivity index (χ3v) is 7.01. The Morgan fingerprint density at radius 2 is 1.83 bits per heavy atom. The summed E-state index contributed by atoms with van der Waals surface area (Å²) in [5.74, 6) is -1.09. The Balaban J connectivity index is 2.09. The molecule has 3 rings (SSSR count). The number of aliphatic hydroxyl groups excluding tert-OH is 2. The lowest BCUT2D eigenvalue weighted by Gasteiger charge is -2.37. The lowest BCUT2D eigenvalue weighted by Crippen LogP contribution is -2.44. The van der Waals surface area contributed by atoms with Gasteiger partial charge in [-0.05, 0) is 47.2 Å². The first-order chi connectivity index (χ1) is 17.0. The largest absolute Gasteiger partial charge is 0.430 e. The number of nitriles is 1. The van der Waals surface area contributed by atoms with E-state index < -0.39 is 29.6 Å². The minimum Gasteiger partial charge on any atom is -0.430 e. The van der Waals surface area contributed by atoms with Crippen LogP contribution in [-0.2, 0) is 10.2 Å². The average Bonchev–Trinajstić information content (AvgIpc) is 3.11. The summed E-state index contributed by atoms with van der Waals surface area (Å²) >= 11 is 12.5. The van der Waals surface area contributed by atoms with Crippen LogP contribution in [0.5, 0.6) is 0 Å².